The van der Waals surface area contributed by atoms with Crippen LogP contribution in [0.25, 0.3) is 10.9 Å². The number of aromatic nitrogens is 1. The van der Waals surface area contributed by atoms with Gasteiger partial charge in [-0.1, -0.05) is 18.2 Å². The van der Waals surface area contributed by atoms with Crippen LogP contribution in [-0.4, -0.2) is 30.7 Å². The molecule has 3 rings (SSSR count). The number of hydrogen-bond acceptors (Lipinski definition) is 4. The summed E-state index contributed by atoms with van der Waals surface area (Å²) in [5, 5.41) is 4.38. The quantitative estimate of drug-likeness (QED) is 0.877. The standard InChI is InChI=1S/C15H14N2O4S/c1-17-13-5-3-2-4-11(13)12(8-14(17)18)15(19)16-10-6-7-22(20,21)9-10/h2-8,10H,9H2,1H3,(H,16,19)/t10-/m0/s1. The molecule has 1 aliphatic heterocycles. The van der Waals surface area contributed by atoms with E-state index in [4.69, 9.17) is 0 Å². The van der Waals surface area contributed by atoms with Crippen molar-refractivity contribution in [3.05, 3.63) is 57.7 Å². The predicted molar refractivity (Wildman–Crippen MR) is 83.4 cm³/mol. The lowest BCUT2D eigenvalue weighted by molar-refractivity contribution is 0.0949. The van der Waals surface area contributed by atoms with E-state index < -0.39 is 21.8 Å². The molecule has 0 radical (unpaired) electrons. The number of nitrogens with one attached hydrogen (secondary N) is 1. The van der Waals surface area contributed by atoms with Gasteiger partial charge in [0.25, 0.3) is 11.5 Å². The molecule has 1 N–H and O–H groups in total. The number of amides is 1. The highest BCUT2D eigenvalue weighted by atomic mass is 32.2. The summed E-state index contributed by atoms with van der Waals surface area (Å²) in [6.45, 7) is 0. The zero-order valence-corrected chi connectivity index (χ0v) is 12.6. The van der Waals surface area contributed by atoms with Crippen LogP contribution < -0.4 is 10.9 Å². The van der Waals surface area contributed by atoms with Crippen LogP contribution in [0, 0.1) is 0 Å². The zero-order valence-electron chi connectivity index (χ0n) is 11.8. The van der Waals surface area contributed by atoms with Gasteiger partial charge in [-0.15, -0.1) is 0 Å². The number of carbonyl (C=O) groups is 1. The SMILES string of the molecule is Cn1c(=O)cc(C(=O)N[C@H]2C=CS(=O)(=O)C2)c2ccccc21. The molecule has 0 fully saturated rings. The highest BCUT2D eigenvalue weighted by molar-refractivity contribution is 7.94. The molecule has 2 aromatic rings. The minimum Gasteiger partial charge on any atom is -0.345 e. The minimum absolute atomic E-state index is 0.151. The Morgan fingerprint density at radius 2 is 2.05 bits per heavy atom. The molecule has 1 aromatic heterocycles. The van der Waals surface area contributed by atoms with Crippen molar-refractivity contribution in [2.24, 2.45) is 7.05 Å². The first-order valence-corrected chi connectivity index (χ1v) is 8.39. The average Bonchev–Trinajstić information content (AvgIpc) is 2.81. The van der Waals surface area contributed by atoms with E-state index in [0.29, 0.717) is 10.9 Å². The number of rotatable bonds is 2. The molecule has 0 unspecified atom stereocenters. The van der Waals surface area contributed by atoms with Gasteiger partial charge in [0.15, 0.2) is 9.84 Å². The molecule has 114 valence electrons. The van der Waals surface area contributed by atoms with Crippen LogP contribution in [0.4, 0.5) is 0 Å². The van der Waals surface area contributed by atoms with E-state index in [2.05, 4.69) is 5.32 Å². The van der Waals surface area contributed by atoms with E-state index in [1.165, 1.54) is 16.7 Å². The largest absolute Gasteiger partial charge is 0.345 e. The fraction of sp³-hybridized carbons (Fsp3) is 0.200. The average molecular weight is 318 g/mol. The molecule has 1 aliphatic rings. The van der Waals surface area contributed by atoms with Crippen LogP contribution in [0.3, 0.4) is 0 Å². The third kappa shape index (κ3) is 2.55. The van der Waals surface area contributed by atoms with Gasteiger partial charge in [-0.2, -0.15) is 0 Å². The predicted octanol–water partition coefficient (Wildman–Crippen LogP) is 0.579. The summed E-state index contributed by atoms with van der Waals surface area (Å²) in [6, 6.07) is 7.78. The van der Waals surface area contributed by atoms with Crippen molar-refractivity contribution in [2.75, 3.05) is 5.75 Å². The molecule has 0 bridgehead atoms. The van der Waals surface area contributed by atoms with Crippen molar-refractivity contribution in [1.29, 1.82) is 0 Å². The molecule has 1 amide bonds. The Morgan fingerprint density at radius 3 is 2.73 bits per heavy atom. The van der Waals surface area contributed by atoms with E-state index in [9.17, 15) is 18.0 Å². The van der Waals surface area contributed by atoms with Crippen molar-refractivity contribution < 1.29 is 13.2 Å². The Bertz CT molecular complexity index is 957. The van der Waals surface area contributed by atoms with E-state index in [0.717, 1.165) is 5.41 Å². The second-order valence-corrected chi connectivity index (χ2v) is 7.14. The van der Waals surface area contributed by atoms with Crippen molar-refractivity contribution >= 4 is 26.6 Å². The Kier molecular flexibility index (Phi) is 3.37. The van der Waals surface area contributed by atoms with Gasteiger partial charge in [0.05, 0.1) is 22.9 Å². The molecule has 1 atom stereocenters. The molecule has 6 nitrogen and oxygen atoms in total. The highest BCUT2D eigenvalue weighted by Gasteiger charge is 2.24. The number of benzene rings is 1. The Balaban J connectivity index is 2.00. The lowest BCUT2D eigenvalue weighted by atomic mass is 10.1. The van der Waals surface area contributed by atoms with Crippen molar-refractivity contribution in [3.63, 3.8) is 0 Å². The van der Waals surface area contributed by atoms with E-state index in [1.807, 2.05) is 0 Å². The molecule has 22 heavy (non-hydrogen) atoms. The first-order valence-electron chi connectivity index (χ1n) is 6.68. The minimum atomic E-state index is -3.24. The summed E-state index contributed by atoms with van der Waals surface area (Å²) in [6.07, 6.45) is 1.44. The van der Waals surface area contributed by atoms with Crippen LogP contribution >= 0.6 is 0 Å². The van der Waals surface area contributed by atoms with Crippen LogP contribution in [0.2, 0.25) is 0 Å². The monoisotopic (exact) mass is 318 g/mol. The number of fused-ring (bicyclic) bond motifs is 1. The van der Waals surface area contributed by atoms with Gasteiger partial charge in [0.2, 0.25) is 0 Å². The topological polar surface area (TPSA) is 85.2 Å². The summed E-state index contributed by atoms with van der Waals surface area (Å²) >= 11 is 0. The fourth-order valence-corrected chi connectivity index (χ4v) is 3.75. The number of hydrogen-bond donors (Lipinski definition) is 1. The zero-order chi connectivity index (χ0) is 15.9. The van der Waals surface area contributed by atoms with Gasteiger partial charge < -0.3 is 9.88 Å². The number of carbonyl (C=O) groups excluding carboxylic acids is 1. The maximum Gasteiger partial charge on any atom is 0.252 e. The fourth-order valence-electron chi connectivity index (χ4n) is 2.51. The Morgan fingerprint density at radius 1 is 1.32 bits per heavy atom. The second kappa shape index (κ2) is 5.10. The van der Waals surface area contributed by atoms with E-state index >= 15 is 0 Å². The number of sulfone groups is 1. The van der Waals surface area contributed by atoms with E-state index in [-0.39, 0.29) is 16.9 Å². The smallest absolute Gasteiger partial charge is 0.252 e. The second-order valence-electron chi connectivity index (χ2n) is 5.21. The summed E-state index contributed by atoms with van der Waals surface area (Å²) in [4.78, 5) is 24.4. The summed E-state index contributed by atoms with van der Waals surface area (Å²) in [5.74, 6) is -0.609. The molecule has 0 aliphatic carbocycles. The van der Waals surface area contributed by atoms with E-state index in [1.54, 1.807) is 31.3 Å². The van der Waals surface area contributed by atoms with Gasteiger partial charge in [-0.05, 0) is 12.1 Å². The molecule has 0 saturated heterocycles. The van der Waals surface area contributed by atoms with Gasteiger partial charge >= 0.3 is 0 Å². The summed E-state index contributed by atoms with van der Waals surface area (Å²) in [5.41, 5.74) is 0.601. The molecular formula is C15H14N2O4S. The molecule has 0 saturated carbocycles. The first kappa shape index (κ1) is 14.5. The van der Waals surface area contributed by atoms with Crippen LogP contribution in [0.5, 0.6) is 0 Å². The Hall–Kier alpha value is -2.41. The first-order chi connectivity index (χ1) is 10.4. The lowest BCUT2D eigenvalue weighted by Crippen LogP contribution is -2.36. The molecule has 7 heteroatoms. The van der Waals surface area contributed by atoms with Crippen LogP contribution in [-0.2, 0) is 16.9 Å². The Labute approximate surface area is 127 Å². The number of para-hydroxylation sites is 1. The van der Waals surface area contributed by atoms with Crippen molar-refractivity contribution in [3.8, 4) is 0 Å². The van der Waals surface area contributed by atoms with Gasteiger partial charge in [0, 0.05) is 23.9 Å². The van der Waals surface area contributed by atoms with Crippen molar-refractivity contribution in [1.82, 2.24) is 9.88 Å². The van der Waals surface area contributed by atoms with Crippen LogP contribution in [0.1, 0.15) is 10.4 Å². The third-order valence-electron chi connectivity index (χ3n) is 3.65. The molecular weight excluding hydrogens is 304 g/mol. The normalized spacial score (nSPS) is 19.4. The molecule has 1 aromatic carbocycles. The number of nitrogens with zero attached hydrogens (tertiary/aromatic N) is 1. The summed E-state index contributed by atoms with van der Waals surface area (Å²) < 4.78 is 24.2. The molecule has 2 heterocycles. The van der Waals surface area contributed by atoms with Gasteiger partial charge in [-0.25, -0.2) is 8.42 Å². The third-order valence-corrected chi connectivity index (χ3v) is 5.04. The van der Waals surface area contributed by atoms with Crippen molar-refractivity contribution in [2.45, 2.75) is 6.04 Å². The summed E-state index contributed by atoms with van der Waals surface area (Å²) in [7, 11) is -1.60. The maximum absolute atomic E-state index is 12.4. The maximum atomic E-state index is 12.4. The molecule has 0 spiro atoms. The number of pyridine rings is 1. The lowest BCUT2D eigenvalue weighted by Gasteiger charge is -2.13. The number of aryl methyl sites for hydroxylation is 1. The van der Waals surface area contributed by atoms with Gasteiger partial charge in [-0.3, -0.25) is 9.59 Å². The highest BCUT2D eigenvalue weighted by Crippen LogP contribution is 2.17. The van der Waals surface area contributed by atoms with Gasteiger partial charge in [0.1, 0.15) is 0 Å². The van der Waals surface area contributed by atoms with Crippen LogP contribution in [0.15, 0.2) is 46.6 Å².